The Balaban J connectivity index is 2.15. The summed E-state index contributed by atoms with van der Waals surface area (Å²) < 4.78 is 0. The first-order chi connectivity index (χ1) is 6.84. The van der Waals surface area contributed by atoms with Gasteiger partial charge < -0.3 is 5.73 Å². The number of hydrogen-bond donors (Lipinski definition) is 1. The third kappa shape index (κ3) is 2.20. The first-order valence-electron chi connectivity index (χ1n) is 4.29. The van der Waals surface area contributed by atoms with E-state index in [-0.39, 0.29) is 0 Å². The molecule has 0 radical (unpaired) electrons. The zero-order valence-electron chi connectivity index (χ0n) is 7.55. The first-order valence-corrected chi connectivity index (χ1v) is 5.17. The molecule has 2 nitrogen and oxygen atoms in total. The van der Waals surface area contributed by atoms with Crippen LogP contribution in [0.15, 0.2) is 35.7 Å². The first kappa shape index (κ1) is 8.97. The van der Waals surface area contributed by atoms with Crippen LogP contribution in [0.25, 0.3) is 12.2 Å². The Morgan fingerprint density at radius 2 is 1.93 bits per heavy atom. The molecule has 0 spiro atoms. The summed E-state index contributed by atoms with van der Waals surface area (Å²) in [4.78, 5) is 4.14. The van der Waals surface area contributed by atoms with E-state index >= 15 is 0 Å². The summed E-state index contributed by atoms with van der Waals surface area (Å²) in [6.07, 6.45) is 3.98. The molecule has 14 heavy (non-hydrogen) atoms. The molecule has 1 heterocycles. The van der Waals surface area contributed by atoms with Crippen molar-refractivity contribution in [1.82, 2.24) is 4.98 Å². The molecule has 0 saturated heterocycles. The lowest BCUT2D eigenvalue weighted by atomic mass is 10.2. The molecule has 0 amide bonds. The fourth-order valence-electron chi connectivity index (χ4n) is 1.12. The van der Waals surface area contributed by atoms with Gasteiger partial charge in [-0.15, -0.1) is 11.3 Å². The highest BCUT2D eigenvalue weighted by atomic mass is 32.1. The van der Waals surface area contributed by atoms with Gasteiger partial charge in [0.25, 0.3) is 0 Å². The number of thiazole rings is 1. The average Bonchev–Trinajstić information content (AvgIpc) is 2.63. The van der Waals surface area contributed by atoms with E-state index in [4.69, 9.17) is 5.73 Å². The second-order valence-corrected chi connectivity index (χ2v) is 3.74. The summed E-state index contributed by atoms with van der Waals surface area (Å²) >= 11 is 1.45. The zero-order valence-corrected chi connectivity index (χ0v) is 8.37. The van der Waals surface area contributed by atoms with E-state index in [9.17, 15) is 0 Å². The Kier molecular flexibility index (Phi) is 2.60. The maximum atomic E-state index is 5.52. The van der Waals surface area contributed by atoms with Gasteiger partial charge in [-0.3, -0.25) is 0 Å². The van der Waals surface area contributed by atoms with Crippen molar-refractivity contribution in [2.75, 3.05) is 5.73 Å². The van der Waals surface area contributed by atoms with Crippen molar-refractivity contribution in [3.05, 3.63) is 47.0 Å². The SMILES string of the molecule is Nc1nc(C=Cc2ccccc2)cs1. The average molecular weight is 202 g/mol. The van der Waals surface area contributed by atoms with Crippen molar-refractivity contribution >= 4 is 28.6 Å². The quantitative estimate of drug-likeness (QED) is 0.813. The lowest BCUT2D eigenvalue weighted by molar-refractivity contribution is 1.39. The van der Waals surface area contributed by atoms with Gasteiger partial charge in [0.15, 0.2) is 5.13 Å². The Morgan fingerprint density at radius 3 is 2.57 bits per heavy atom. The molecular formula is C11H10N2S. The molecular weight excluding hydrogens is 192 g/mol. The summed E-state index contributed by atoms with van der Waals surface area (Å²) in [5, 5.41) is 2.55. The number of nitrogens with two attached hydrogens (primary N) is 1. The third-order valence-electron chi connectivity index (χ3n) is 1.79. The minimum Gasteiger partial charge on any atom is -0.375 e. The summed E-state index contributed by atoms with van der Waals surface area (Å²) in [5.74, 6) is 0. The normalized spacial score (nSPS) is 10.9. The van der Waals surface area contributed by atoms with Crippen molar-refractivity contribution in [3.8, 4) is 0 Å². The van der Waals surface area contributed by atoms with E-state index < -0.39 is 0 Å². The number of nitrogens with zero attached hydrogens (tertiary/aromatic N) is 1. The van der Waals surface area contributed by atoms with Crippen LogP contribution in [-0.4, -0.2) is 4.98 Å². The minimum absolute atomic E-state index is 0.609. The Labute approximate surface area is 86.7 Å². The Bertz CT molecular complexity index is 432. The van der Waals surface area contributed by atoms with Crippen molar-refractivity contribution in [2.45, 2.75) is 0 Å². The molecule has 0 atom stereocenters. The highest BCUT2D eigenvalue weighted by Gasteiger charge is 1.92. The number of hydrogen-bond acceptors (Lipinski definition) is 3. The molecule has 1 aromatic heterocycles. The lowest BCUT2D eigenvalue weighted by Crippen LogP contribution is -1.80. The summed E-state index contributed by atoms with van der Waals surface area (Å²) in [6, 6.07) is 10.1. The topological polar surface area (TPSA) is 38.9 Å². The van der Waals surface area contributed by atoms with Crippen molar-refractivity contribution in [3.63, 3.8) is 0 Å². The molecule has 3 heteroatoms. The molecule has 0 aliphatic rings. The molecule has 1 aromatic carbocycles. The molecule has 2 N–H and O–H groups in total. The van der Waals surface area contributed by atoms with E-state index in [0.717, 1.165) is 5.69 Å². The maximum absolute atomic E-state index is 5.52. The van der Waals surface area contributed by atoms with E-state index in [1.165, 1.54) is 16.9 Å². The highest BCUT2D eigenvalue weighted by molar-refractivity contribution is 7.13. The van der Waals surface area contributed by atoms with Crippen LogP contribution in [-0.2, 0) is 0 Å². The monoisotopic (exact) mass is 202 g/mol. The minimum atomic E-state index is 0.609. The number of anilines is 1. The van der Waals surface area contributed by atoms with E-state index in [1.807, 2.05) is 47.9 Å². The number of aromatic nitrogens is 1. The Hall–Kier alpha value is -1.61. The van der Waals surface area contributed by atoms with Gasteiger partial charge in [-0.05, 0) is 11.6 Å². The molecule has 0 bridgehead atoms. The zero-order chi connectivity index (χ0) is 9.80. The predicted octanol–water partition coefficient (Wildman–Crippen LogP) is 2.90. The number of rotatable bonds is 2. The van der Waals surface area contributed by atoms with Crippen molar-refractivity contribution in [2.24, 2.45) is 0 Å². The summed E-state index contributed by atoms with van der Waals surface area (Å²) in [7, 11) is 0. The van der Waals surface area contributed by atoms with Crippen LogP contribution in [0.4, 0.5) is 5.13 Å². The fourth-order valence-corrected chi connectivity index (χ4v) is 1.65. The molecule has 2 aromatic rings. The van der Waals surface area contributed by atoms with Gasteiger partial charge >= 0.3 is 0 Å². The largest absolute Gasteiger partial charge is 0.375 e. The summed E-state index contributed by atoms with van der Waals surface area (Å²) in [5.41, 5.74) is 7.60. The van der Waals surface area contributed by atoms with Gasteiger partial charge in [-0.25, -0.2) is 4.98 Å². The summed E-state index contributed by atoms with van der Waals surface area (Å²) in [6.45, 7) is 0. The molecule has 0 unspecified atom stereocenters. The highest BCUT2D eigenvalue weighted by Crippen LogP contribution is 2.13. The van der Waals surface area contributed by atoms with Gasteiger partial charge in [-0.1, -0.05) is 36.4 Å². The predicted molar refractivity (Wildman–Crippen MR) is 61.9 cm³/mol. The standard InChI is InChI=1S/C11H10N2S/c12-11-13-10(8-14-11)7-6-9-4-2-1-3-5-9/h1-8H,(H2,12,13). The van der Waals surface area contributed by atoms with Gasteiger partial charge in [0.05, 0.1) is 5.69 Å². The van der Waals surface area contributed by atoms with Crippen molar-refractivity contribution < 1.29 is 0 Å². The second-order valence-electron chi connectivity index (χ2n) is 2.85. The second kappa shape index (κ2) is 4.07. The number of nitrogen functional groups attached to an aromatic ring is 1. The smallest absolute Gasteiger partial charge is 0.180 e. The van der Waals surface area contributed by atoms with Crippen molar-refractivity contribution in [1.29, 1.82) is 0 Å². The Morgan fingerprint density at radius 1 is 1.14 bits per heavy atom. The molecule has 0 saturated carbocycles. The molecule has 2 rings (SSSR count). The maximum Gasteiger partial charge on any atom is 0.180 e. The number of benzene rings is 1. The van der Waals surface area contributed by atoms with Crippen LogP contribution >= 0.6 is 11.3 Å². The van der Waals surface area contributed by atoms with Crippen LogP contribution in [0.3, 0.4) is 0 Å². The van der Waals surface area contributed by atoms with Crippen LogP contribution < -0.4 is 5.73 Å². The molecule has 0 aliphatic heterocycles. The van der Waals surface area contributed by atoms with Gasteiger partial charge in [0.1, 0.15) is 0 Å². The van der Waals surface area contributed by atoms with Crippen LogP contribution in [0.2, 0.25) is 0 Å². The molecule has 0 fully saturated rings. The van der Waals surface area contributed by atoms with E-state index in [0.29, 0.717) is 5.13 Å². The van der Waals surface area contributed by atoms with Crippen LogP contribution in [0.1, 0.15) is 11.3 Å². The molecule has 70 valence electrons. The lowest BCUT2D eigenvalue weighted by Gasteiger charge is -1.89. The van der Waals surface area contributed by atoms with E-state index in [1.54, 1.807) is 0 Å². The van der Waals surface area contributed by atoms with Gasteiger partial charge in [0.2, 0.25) is 0 Å². The van der Waals surface area contributed by atoms with E-state index in [2.05, 4.69) is 4.98 Å². The van der Waals surface area contributed by atoms with Gasteiger partial charge in [0, 0.05) is 5.38 Å². The van der Waals surface area contributed by atoms with Crippen LogP contribution in [0.5, 0.6) is 0 Å². The molecule has 0 aliphatic carbocycles. The van der Waals surface area contributed by atoms with Gasteiger partial charge in [-0.2, -0.15) is 0 Å². The third-order valence-corrected chi connectivity index (χ3v) is 2.48. The fraction of sp³-hybridized carbons (Fsp3) is 0. The van der Waals surface area contributed by atoms with Crippen LogP contribution in [0, 0.1) is 0 Å².